The van der Waals surface area contributed by atoms with Gasteiger partial charge in [-0.2, -0.15) is 0 Å². The number of benzene rings is 2. The van der Waals surface area contributed by atoms with Gasteiger partial charge in [-0.05, 0) is 18.2 Å². The van der Waals surface area contributed by atoms with Crippen molar-refractivity contribution in [3.63, 3.8) is 0 Å². The van der Waals surface area contributed by atoms with Crippen LogP contribution in [0.25, 0.3) is 0 Å². The molecule has 7 nitrogen and oxygen atoms in total. The molecule has 2 rings (SSSR count). The Bertz CT molecular complexity index is 764. The Morgan fingerprint density at radius 3 is 1.88 bits per heavy atom. The lowest BCUT2D eigenvalue weighted by Gasteiger charge is -2.15. The average Bonchev–Trinajstić information content (AvgIpc) is 2.59. The number of hydrogen-bond acceptors (Lipinski definition) is 5. The molecule has 0 saturated heterocycles. The summed E-state index contributed by atoms with van der Waals surface area (Å²) in [5.41, 5.74) is 1.35. The highest BCUT2D eigenvalue weighted by molar-refractivity contribution is 6.08. The van der Waals surface area contributed by atoms with Gasteiger partial charge in [-0.3, -0.25) is 9.59 Å². The van der Waals surface area contributed by atoms with Gasteiger partial charge >= 0.3 is 0 Å². The van der Waals surface area contributed by atoms with Gasteiger partial charge in [-0.25, -0.2) is 0 Å². The number of hydrogen-bond donors (Lipinski definition) is 2. The third-order valence-electron chi connectivity index (χ3n) is 3.38. The van der Waals surface area contributed by atoms with Crippen LogP contribution in [0.3, 0.4) is 0 Å². The largest absolute Gasteiger partial charge is 0.496 e. The molecule has 0 aliphatic rings. The summed E-state index contributed by atoms with van der Waals surface area (Å²) < 4.78 is 15.7. The lowest BCUT2D eigenvalue weighted by atomic mass is 10.1. The van der Waals surface area contributed by atoms with Gasteiger partial charge in [0.15, 0.2) is 0 Å². The molecule has 0 unspecified atom stereocenters. The molecule has 0 spiro atoms. The number of carbonyl (C=O) groups is 2. The monoisotopic (exact) mass is 344 g/mol. The Kier molecular flexibility index (Phi) is 5.84. The van der Waals surface area contributed by atoms with Gasteiger partial charge in [0.05, 0.1) is 21.3 Å². The highest BCUT2D eigenvalue weighted by Crippen LogP contribution is 2.34. The highest BCUT2D eigenvalue weighted by atomic mass is 16.5. The Morgan fingerprint density at radius 1 is 0.840 bits per heavy atom. The van der Waals surface area contributed by atoms with Crippen LogP contribution in [0.1, 0.15) is 17.3 Å². The van der Waals surface area contributed by atoms with Gasteiger partial charge in [0.25, 0.3) is 5.91 Å². The SMILES string of the molecule is COc1cc(OC)c(C(=O)Nc2cccc(NC(C)=O)c2)c(OC)c1. The van der Waals surface area contributed by atoms with Crippen LogP contribution in [-0.2, 0) is 4.79 Å². The normalized spacial score (nSPS) is 9.92. The van der Waals surface area contributed by atoms with E-state index in [1.807, 2.05) is 0 Å². The van der Waals surface area contributed by atoms with Gasteiger partial charge in [0.2, 0.25) is 5.91 Å². The fourth-order valence-corrected chi connectivity index (χ4v) is 2.30. The van der Waals surface area contributed by atoms with E-state index >= 15 is 0 Å². The van der Waals surface area contributed by atoms with Crippen LogP contribution in [0.15, 0.2) is 36.4 Å². The van der Waals surface area contributed by atoms with Crippen LogP contribution < -0.4 is 24.8 Å². The molecule has 0 bridgehead atoms. The second-order valence-corrected chi connectivity index (χ2v) is 5.12. The zero-order valence-corrected chi connectivity index (χ0v) is 14.5. The van der Waals surface area contributed by atoms with Crippen LogP contribution in [0.2, 0.25) is 0 Å². The van der Waals surface area contributed by atoms with Crippen molar-refractivity contribution in [2.24, 2.45) is 0 Å². The van der Waals surface area contributed by atoms with Crippen molar-refractivity contribution in [2.75, 3.05) is 32.0 Å². The van der Waals surface area contributed by atoms with Crippen LogP contribution in [0, 0.1) is 0 Å². The third-order valence-corrected chi connectivity index (χ3v) is 3.38. The van der Waals surface area contributed by atoms with E-state index in [0.717, 1.165) is 0 Å². The number of anilines is 2. The molecule has 0 saturated carbocycles. The molecule has 0 aliphatic carbocycles. The van der Waals surface area contributed by atoms with Crippen LogP contribution in [-0.4, -0.2) is 33.1 Å². The standard InChI is InChI=1S/C18H20N2O5/c1-11(21)19-12-6-5-7-13(8-12)20-18(22)17-15(24-3)9-14(23-2)10-16(17)25-4/h5-10H,1-4H3,(H,19,21)(H,20,22). The average molecular weight is 344 g/mol. The zero-order chi connectivity index (χ0) is 18.4. The molecule has 0 aromatic heterocycles. The fourth-order valence-electron chi connectivity index (χ4n) is 2.30. The zero-order valence-electron chi connectivity index (χ0n) is 14.5. The maximum atomic E-state index is 12.7. The minimum Gasteiger partial charge on any atom is -0.496 e. The molecule has 132 valence electrons. The van der Waals surface area contributed by atoms with E-state index in [-0.39, 0.29) is 11.5 Å². The minimum absolute atomic E-state index is 0.193. The first-order valence-corrected chi connectivity index (χ1v) is 7.47. The number of carbonyl (C=O) groups excluding carboxylic acids is 2. The predicted molar refractivity (Wildman–Crippen MR) is 94.8 cm³/mol. The van der Waals surface area contributed by atoms with Gasteiger partial charge in [0.1, 0.15) is 22.8 Å². The van der Waals surface area contributed by atoms with Crippen molar-refractivity contribution in [2.45, 2.75) is 6.92 Å². The Balaban J connectivity index is 2.33. The van der Waals surface area contributed by atoms with Crippen molar-refractivity contribution < 1.29 is 23.8 Å². The van der Waals surface area contributed by atoms with E-state index < -0.39 is 5.91 Å². The quantitative estimate of drug-likeness (QED) is 0.841. The maximum absolute atomic E-state index is 12.7. The van der Waals surface area contributed by atoms with E-state index in [9.17, 15) is 9.59 Å². The van der Waals surface area contributed by atoms with Gasteiger partial charge in [0, 0.05) is 30.4 Å². The van der Waals surface area contributed by atoms with E-state index in [2.05, 4.69) is 10.6 Å². The first-order chi connectivity index (χ1) is 12.0. The summed E-state index contributed by atoms with van der Waals surface area (Å²) in [6.07, 6.45) is 0. The molecule has 25 heavy (non-hydrogen) atoms. The number of nitrogens with one attached hydrogen (secondary N) is 2. The molecule has 2 aromatic carbocycles. The first kappa shape index (κ1) is 18.1. The fraction of sp³-hybridized carbons (Fsp3) is 0.222. The molecule has 2 aromatic rings. The van der Waals surface area contributed by atoms with E-state index in [1.165, 1.54) is 28.3 Å². The summed E-state index contributed by atoms with van der Waals surface area (Å²) in [6, 6.07) is 10.0. The first-order valence-electron chi connectivity index (χ1n) is 7.47. The molecular formula is C18H20N2O5. The third kappa shape index (κ3) is 4.41. The van der Waals surface area contributed by atoms with E-state index in [1.54, 1.807) is 36.4 Å². The highest BCUT2D eigenvalue weighted by Gasteiger charge is 2.20. The summed E-state index contributed by atoms with van der Waals surface area (Å²) in [7, 11) is 4.44. The van der Waals surface area contributed by atoms with Gasteiger partial charge in [-0.1, -0.05) is 6.07 Å². The molecule has 0 radical (unpaired) electrons. The summed E-state index contributed by atoms with van der Waals surface area (Å²) in [6.45, 7) is 1.42. The topological polar surface area (TPSA) is 85.9 Å². The minimum atomic E-state index is -0.406. The van der Waals surface area contributed by atoms with Crippen molar-refractivity contribution in [3.8, 4) is 17.2 Å². The van der Waals surface area contributed by atoms with E-state index in [4.69, 9.17) is 14.2 Å². The molecule has 2 amide bonds. The van der Waals surface area contributed by atoms with E-state index in [0.29, 0.717) is 28.6 Å². The van der Waals surface area contributed by atoms with Crippen LogP contribution in [0.5, 0.6) is 17.2 Å². The molecule has 7 heteroatoms. The summed E-state index contributed by atoms with van der Waals surface area (Å²) >= 11 is 0. The summed E-state index contributed by atoms with van der Waals surface area (Å²) in [5.74, 6) is 0.564. The van der Waals surface area contributed by atoms with Crippen molar-refractivity contribution in [1.82, 2.24) is 0 Å². The molecule has 0 heterocycles. The summed E-state index contributed by atoms with van der Waals surface area (Å²) in [5, 5.41) is 5.43. The number of ether oxygens (including phenoxy) is 3. The molecule has 0 aliphatic heterocycles. The Hall–Kier alpha value is -3.22. The number of amides is 2. The van der Waals surface area contributed by atoms with Crippen molar-refractivity contribution in [3.05, 3.63) is 42.0 Å². The molecule has 0 atom stereocenters. The second-order valence-electron chi connectivity index (χ2n) is 5.12. The van der Waals surface area contributed by atoms with Crippen molar-refractivity contribution in [1.29, 1.82) is 0 Å². The molecular weight excluding hydrogens is 324 g/mol. The molecule has 2 N–H and O–H groups in total. The maximum Gasteiger partial charge on any atom is 0.263 e. The van der Waals surface area contributed by atoms with Crippen LogP contribution in [0.4, 0.5) is 11.4 Å². The van der Waals surface area contributed by atoms with Crippen molar-refractivity contribution >= 4 is 23.2 Å². The summed E-state index contributed by atoms with van der Waals surface area (Å²) in [4.78, 5) is 23.9. The Labute approximate surface area is 145 Å². The Morgan fingerprint density at radius 2 is 1.40 bits per heavy atom. The lowest BCUT2D eigenvalue weighted by molar-refractivity contribution is -0.114. The number of methoxy groups -OCH3 is 3. The number of rotatable bonds is 6. The van der Waals surface area contributed by atoms with Gasteiger partial charge < -0.3 is 24.8 Å². The lowest BCUT2D eigenvalue weighted by Crippen LogP contribution is -2.15. The predicted octanol–water partition coefficient (Wildman–Crippen LogP) is 2.92. The smallest absolute Gasteiger partial charge is 0.263 e. The van der Waals surface area contributed by atoms with Crippen LogP contribution >= 0.6 is 0 Å². The van der Waals surface area contributed by atoms with Gasteiger partial charge in [-0.15, -0.1) is 0 Å². The second kappa shape index (κ2) is 8.05. The molecule has 0 fully saturated rings.